The van der Waals surface area contributed by atoms with Gasteiger partial charge in [-0.3, -0.25) is 0 Å². The van der Waals surface area contributed by atoms with E-state index in [1.165, 1.54) is 35.6 Å². The smallest absolute Gasteiger partial charge is 0.285 e. The Morgan fingerprint density at radius 1 is 1.23 bits per heavy atom. The zero-order chi connectivity index (χ0) is 18.7. The van der Waals surface area contributed by atoms with Crippen molar-refractivity contribution in [2.75, 3.05) is 13.2 Å². The van der Waals surface area contributed by atoms with Gasteiger partial charge in [-0.25, -0.2) is 0 Å². The number of ether oxygens (including phenoxy) is 1. The Kier molecular flexibility index (Phi) is 6.19. The SMILES string of the molecule is CCOCCn1c(=NS(=O)(=O)c2ccc(Cl)cc2)sc2cc(Br)ccc21. The highest BCUT2D eigenvalue weighted by atomic mass is 79.9. The molecule has 0 fully saturated rings. The van der Waals surface area contributed by atoms with Crippen molar-refractivity contribution in [3.8, 4) is 0 Å². The molecule has 5 nitrogen and oxygen atoms in total. The van der Waals surface area contributed by atoms with Gasteiger partial charge in [-0.15, -0.1) is 4.40 Å². The number of hydrogen-bond donors (Lipinski definition) is 0. The van der Waals surface area contributed by atoms with Crippen molar-refractivity contribution in [2.24, 2.45) is 4.40 Å². The molecule has 0 saturated carbocycles. The second-order valence-corrected chi connectivity index (χ2v) is 9.33. The van der Waals surface area contributed by atoms with Crippen LogP contribution in [0.4, 0.5) is 0 Å². The summed E-state index contributed by atoms with van der Waals surface area (Å²) in [5.74, 6) is 0. The number of nitrogens with zero attached hydrogens (tertiary/aromatic N) is 2. The number of benzene rings is 2. The fourth-order valence-corrected chi connectivity index (χ4v) is 5.33. The van der Waals surface area contributed by atoms with Gasteiger partial charge in [-0.05, 0) is 49.4 Å². The minimum absolute atomic E-state index is 0.108. The van der Waals surface area contributed by atoms with E-state index in [0.717, 1.165) is 14.7 Å². The van der Waals surface area contributed by atoms with E-state index in [-0.39, 0.29) is 4.90 Å². The van der Waals surface area contributed by atoms with Crippen LogP contribution in [0.5, 0.6) is 0 Å². The normalized spacial score (nSPS) is 12.8. The van der Waals surface area contributed by atoms with E-state index in [0.29, 0.717) is 29.6 Å². The molecule has 0 saturated heterocycles. The number of sulfonamides is 1. The van der Waals surface area contributed by atoms with Crippen LogP contribution >= 0.6 is 38.9 Å². The predicted octanol–water partition coefficient (Wildman–Crippen LogP) is 4.44. The van der Waals surface area contributed by atoms with Crippen LogP contribution in [0.1, 0.15) is 6.92 Å². The van der Waals surface area contributed by atoms with Gasteiger partial charge in [-0.2, -0.15) is 8.42 Å². The number of aromatic nitrogens is 1. The van der Waals surface area contributed by atoms with Crippen LogP contribution < -0.4 is 4.80 Å². The van der Waals surface area contributed by atoms with Crippen LogP contribution in [-0.2, 0) is 21.3 Å². The Bertz CT molecular complexity index is 1090. The fraction of sp³-hybridized carbons (Fsp3) is 0.235. The minimum Gasteiger partial charge on any atom is -0.380 e. The molecular formula is C17H16BrClN2O3S2. The average molecular weight is 476 g/mol. The summed E-state index contributed by atoms with van der Waals surface area (Å²) >= 11 is 10.6. The first-order valence-electron chi connectivity index (χ1n) is 7.84. The van der Waals surface area contributed by atoms with E-state index in [1.54, 1.807) is 0 Å². The standard InChI is InChI=1S/C17H16BrClN2O3S2/c1-2-24-10-9-21-15-8-3-12(18)11-16(15)25-17(21)20-26(22,23)14-6-4-13(19)5-7-14/h3-8,11H,2,9-10H2,1H3. The van der Waals surface area contributed by atoms with E-state index in [1.807, 2.05) is 29.7 Å². The van der Waals surface area contributed by atoms with Crippen LogP contribution in [0.2, 0.25) is 5.02 Å². The molecule has 0 spiro atoms. The van der Waals surface area contributed by atoms with Gasteiger partial charge in [0.2, 0.25) is 4.80 Å². The number of halogens is 2. The van der Waals surface area contributed by atoms with Crippen LogP contribution in [0.15, 0.2) is 56.2 Å². The first-order valence-corrected chi connectivity index (χ1v) is 11.3. The quantitative estimate of drug-likeness (QED) is 0.495. The van der Waals surface area contributed by atoms with Gasteiger partial charge in [0.1, 0.15) is 0 Å². The summed E-state index contributed by atoms with van der Waals surface area (Å²) < 4.78 is 38.6. The van der Waals surface area contributed by atoms with Gasteiger partial charge in [0.15, 0.2) is 0 Å². The van der Waals surface area contributed by atoms with Gasteiger partial charge >= 0.3 is 0 Å². The van der Waals surface area contributed by atoms with Gasteiger partial charge < -0.3 is 9.30 Å². The van der Waals surface area contributed by atoms with Crippen LogP contribution in [-0.4, -0.2) is 26.2 Å². The van der Waals surface area contributed by atoms with Crippen molar-refractivity contribution in [2.45, 2.75) is 18.4 Å². The Hall–Kier alpha value is -1.19. The largest absolute Gasteiger partial charge is 0.380 e. The number of rotatable bonds is 6. The number of thiazole rings is 1. The Morgan fingerprint density at radius 2 is 1.96 bits per heavy atom. The fourth-order valence-electron chi connectivity index (χ4n) is 2.40. The lowest BCUT2D eigenvalue weighted by molar-refractivity contribution is 0.139. The maximum atomic E-state index is 12.7. The Balaban J connectivity index is 2.14. The minimum atomic E-state index is -3.84. The van der Waals surface area contributed by atoms with Crippen molar-refractivity contribution < 1.29 is 13.2 Å². The van der Waals surface area contributed by atoms with E-state index in [2.05, 4.69) is 20.3 Å². The summed E-state index contributed by atoms with van der Waals surface area (Å²) in [5.41, 5.74) is 0.919. The lowest BCUT2D eigenvalue weighted by atomic mass is 10.3. The van der Waals surface area contributed by atoms with Crippen molar-refractivity contribution in [1.82, 2.24) is 4.57 Å². The molecule has 138 valence electrons. The number of fused-ring (bicyclic) bond motifs is 1. The highest BCUT2D eigenvalue weighted by molar-refractivity contribution is 9.10. The molecule has 1 heterocycles. The third-order valence-corrected chi connectivity index (χ3v) is 6.80. The molecule has 3 aromatic rings. The highest BCUT2D eigenvalue weighted by Crippen LogP contribution is 2.23. The molecule has 0 aliphatic carbocycles. The monoisotopic (exact) mass is 474 g/mol. The molecule has 0 atom stereocenters. The molecule has 0 aliphatic heterocycles. The third-order valence-electron chi connectivity index (χ3n) is 3.62. The molecular weight excluding hydrogens is 460 g/mol. The summed E-state index contributed by atoms with van der Waals surface area (Å²) in [6, 6.07) is 11.8. The van der Waals surface area contributed by atoms with Crippen molar-refractivity contribution in [3.63, 3.8) is 0 Å². The first kappa shape index (κ1) is 19.6. The van der Waals surface area contributed by atoms with Crippen molar-refractivity contribution >= 4 is 59.1 Å². The lowest BCUT2D eigenvalue weighted by Crippen LogP contribution is -2.19. The maximum Gasteiger partial charge on any atom is 0.285 e. The van der Waals surface area contributed by atoms with Crippen LogP contribution in [0.25, 0.3) is 10.2 Å². The predicted molar refractivity (Wildman–Crippen MR) is 108 cm³/mol. The van der Waals surface area contributed by atoms with Gasteiger partial charge in [0.05, 0.1) is 21.7 Å². The third kappa shape index (κ3) is 4.37. The van der Waals surface area contributed by atoms with Crippen LogP contribution in [0.3, 0.4) is 0 Å². The molecule has 0 radical (unpaired) electrons. The summed E-state index contributed by atoms with van der Waals surface area (Å²) in [6.45, 7) is 3.52. The molecule has 3 rings (SSSR count). The van der Waals surface area contributed by atoms with E-state index < -0.39 is 10.0 Å². The van der Waals surface area contributed by atoms with Crippen LogP contribution in [0, 0.1) is 0 Å². The summed E-state index contributed by atoms with van der Waals surface area (Å²) in [6.07, 6.45) is 0. The zero-order valence-corrected chi connectivity index (χ0v) is 17.8. The molecule has 26 heavy (non-hydrogen) atoms. The van der Waals surface area contributed by atoms with Gasteiger partial charge in [-0.1, -0.05) is 38.9 Å². The molecule has 9 heteroatoms. The summed E-state index contributed by atoms with van der Waals surface area (Å²) in [4.78, 5) is 0.518. The second kappa shape index (κ2) is 8.22. The van der Waals surface area contributed by atoms with E-state index in [4.69, 9.17) is 16.3 Å². The second-order valence-electron chi connectivity index (χ2n) is 5.37. The zero-order valence-electron chi connectivity index (χ0n) is 13.9. The Morgan fingerprint density at radius 3 is 2.65 bits per heavy atom. The molecule has 1 aromatic heterocycles. The summed E-state index contributed by atoms with van der Waals surface area (Å²) in [7, 11) is -3.84. The molecule has 0 bridgehead atoms. The van der Waals surface area contributed by atoms with Crippen molar-refractivity contribution in [3.05, 3.63) is 56.8 Å². The molecule has 0 amide bonds. The van der Waals surface area contributed by atoms with Gasteiger partial charge in [0.25, 0.3) is 10.0 Å². The topological polar surface area (TPSA) is 60.7 Å². The molecule has 2 aromatic carbocycles. The van der Waals surface area contributed by atoms with E-state index in [9.17, 15) is 8.42 Å². The number of hydrogen-bond acceptors (Lipinski definition) is 4. The Labute approximate surface area is 169 Å². The average Bonchev–Trinajstić information content (AvgIpc) is 2.91. The first-order chi connectivity index (χ1) is 12.4. The van der Waals surface area contributed by atoms with Crippen molar-refractivity contribution in [1.29, 1.82) is 0 Å². The lowest BCUT2D eigenvalue weighted by Gasteiger charge is -2.06. The molecule has 0 unspecified atom stereocenters. The highest BCUT2D eigenvalue weighted by Gasteiger charge is 2.15. The molecule has 0 aliphatic rings. The van der Waals surface area contributed by atoms with E-state index >= 15 is 0 Å². The van der Waals surface area contributed by atoms with Gasteiger partial charge in [0, 0.05) is 22.6 Å². The summed E-state index contributed by atoms with van der Waals surface area (Å²) in [5, 5.41) is 0.474. The maximum absolute atomic E-state index is 12.7. The molecule has 0 N–H and O–H groups in total.